The Bertz CT molecular complexity index is 134. The molecule has 0 aromatic heterocycles. The molecule has 0 aliphatic heterocycles. The Morgan fingerprint density at radius 1 is 1.38 bits per heavy atom. The lowest BCUT2D eigenvalue weighted by atomic mass is 10.2. The predicted molar refractivity (Wildman–Crippen MR) is 51.6 cm³/mol. The summed E-state index contributed by atoms with van der Waals surface area (Å²) in [6.45, 7) is 7.07. The van der Waals surface area contributed by atoms with E-state index in [2.05, 4.69) is 0 Å². The largest absolute Gasteiger partial charge is 0.466 e. The van der Waals surface area contributed by atoms with Gasteiger partial charge in [0.05, 0.1) is 12.7 Å². The summed E-state index contributed by atoms with van der Waals surface area (Å²) in [5.41, 5.74) is 0. The molecule has 3 nitrogen and oxygen atoms in total. The van der Waals surface area contributed by atoms with Crippen LogP contribution in [0.3, 0.4) is 0 Å². The van der Waals surface area contributed by atoms with E-state index in [0.717, 1.165) is 19.4 Å². The minimum atomic E-state index is -0.121. The fourth-order valence-electron chi connectivity index (χ4n) is 1.03. The van der Waals surface area contributed by atoms with Gasteiger partial charge in [0.25, 0.3) is 0 Å². The van der Waals surface area contributed by atoms with Crippen LogP contribution in [0, 0.1) is 0 Å². The fraction of sp³-hybridized carbons (Fsp3) is 0.900. The molecule has 0 amide bonds. The van der Waals surface area contributed by atoms with Crippen molar-refractivity contribution in [2.24, 2.45) is 0 Å². The van der Waals surface area contributed by atoms with E-state index in [1.54, 1.807) is 6.92 Å². The molecule has 0 aliphatic carbocycles. The highest BCUT2D eigenvalue weighted by atomic mass is 16.5. The van der Waals surface area contributed by atoms with E-state index in [9.17, 15) is 4.79 Å². The summed E-state index contributed by atoms with van der Waals surface area (Å²) in [6, 6.07) is 0. The average molecular weight is 188 g/mol. The second-order valence-electron chi connectivity index (χ2n) is 2.98. The van der Waals surface area contributed by atoms with Gasteiger partial charge in [0.1, 0.15) is 0 Å². The van der Waals surface area contributed by atoms with Crippen LogP contribution in [0.25, 0.3) is 0 Å². The lowest BCUT2D eigenvalue weighted by molar-refractivity contribution is -0.143. The SMILES string of the molecule is CCOC(C)CCCOC(=O)CC. The molecule has 0 aliphatic rings. The van der Waals surface area contributed by atoms with Gasteiger partial charge in [0, 0.05) is 13.0 Å². The van der Waals surface area contributed by atoms with Crippen LogP contribution in [-0.2, 0) is 14.3 Å². The summed E-state index contributed by atoms with van der Waals surface area (Å²) in [5, 5.41) is 0. The Kier molecular flexibility index (Phi) is 7.69. The van der Waals surface area contributed by atoms with Gasteiger partial charge in [0.15, 0.2) is 0 Å². The Balaban J connectivity index is 3.20. The highest BCUT2D eigenvalue weighted by Gasteiger charge is 2.02. The third-order valence-electron chi connectivity index (χ3n) is 1.76. The summed E-state index contributed by atoms with van der Waals surface area (Å²) in [5.74, 6) is -0.121. The summed E-state index contributed by atoms with van der Waals surface area (Å²) in [4.78, 5) is 10.7. The first-order chi connectivity index (χ1) is 6.20. The summed E-state index contributed by atoms with van der Waals surface area (Å²) >= 11 is 0. The van der Waals surface area contributed by atoms with Crippen LogP contribution in [-0.4, -0.2) is 25.3 Å². The molecule has 0 saturated heterocycles. The van der Waals surface area contributed by atoms with Gasteiger partial charge in [-0.2, -0.15) is 0 Å². The van der Waals surface area contributed by atoms with Gasteiger partial charge in [-0.3, -0.25) is 4.79 Å². The van der Waals surface area contributed by atoms with Crippen LogP contribution in [0.5, 0.6) is 0 Å². The minimum absolute atomic E-state index is 0.121. The Hall–Kier alpha value is -0.570. The summed E-state index contributed by atoms with van der Waals surface area (Å²) < 4.78 is 10.3. The Labute approximate surface area is 80.4 Å². The molecular formula is C10H20O3. The maximum atomic E-state index is 10.7. The van der Waals surface area contributed by atoms with Crippen molar-refractivity contribution in [2.45, 2.75) is 46.1 Å². The van der Waals surface area contributed by atoms with Crippen molar-refractivity contribution in [3.05, 3.63) is 0 Å². The number of hydrogen-bond donors (Lipinski definition) is 0. The number of rotatable bonds is 7. The molecular weight excluding hydrogens is 168 g/mol. The van der Waals surface area contributed by atoms with Crippen LogP contribution in [0.4, 0.5) is 0 Å². The molecule has 0 spiro atoms. The fourth-order valence-corrected chi connectivity index (χ4v) is 1.03. The molecule has 0 aromatic carbocycles. The van der Waals surface area contributed by atoms with Crippen LogP contribution in [0.15, 0.2) is 0 Å². The lowest BCUT2D eigenvalue weighted by Gasteiger charge is -2.10. The second kappa shape index (κ2) is 8.05. The number of carbonyl (C=O) groups excluding carboxylic acids is 1. The van der Waals surface area contributed by atoms with Crippen molar-refractivity contribution in [1.29, 1.82) is 0 Å². The van der Waals surface area contributed by atoms with E-state index in [1.165, 1.54) is 0 Å². The predicted octanol–water partition coefficient (Wildman–Crippen LogP) is 2.14. The standard InChI is InChI=1S/C10H20O3/c1-4-10(11)13-8-6-7-9(3)12-5-2/h9H,4-8H2,1-3H3. The quantitative estimate of drug-likeness (QED) is 0.453. The highest BCUT2D eigenvalue weighted by Crippen LogP contribution is 2.01. The van der Waals surface area contributed by atoms with Crippen molar-refractivity contribution in [3.8, 4) is 0 Å². The van der Waals surface area contributed by atoms with E-state index in [4.69, 9.17) is 9.47 Å². The first-order valence-electron chi connectivity index (χ1n) is 4.97. The molecule has 0 rings (SSSR count). The molecule has 13 heavy (non-hydrogen) atoms. The van der Waals surface area contributed by atoms with Crippen molar-refractivity contribution in [1.82, 2.24) is 0 Å². The molecule has 0 radical (unpaired) electrons. The normalized spacial score (nSPS) is 12.5. The van der Waals surface area contributed by atoms with Gasteiger partial charge in [-0.25, -0.2) is 0 Å². The first kappa shape index (κ1) is 12.4. The van der Waals surface area contributed by atoms with E-state index < -0.39 is 0 Å². The minimum Gasteiger partial charge on any atom is -0.466 e. The number of ether oxygens (including phenoxy) is 2. The van der Waals surface area contributed by atoms with Crippen LogP contribution in [0.1, 0.15) is 40.0 Å². The van der Waals surface area contributed by atoms with Crippen molar-refractivity contribution in [2.75, 3.05) is 13.2 Å². The van der Waals surface area contributed by atoms with E-state index in [1.807, 2.05) is 13.8 Å². The molecule has 78 valence electrons. The molecule has 0 bridgehead atoms. The van der Waals surface area contributed by atoms with Gasteiger partial charge in [-0.1, -0.05) is 6.92 Å². The first-order valence-corrected chi connectivity index (χ1v) is 4.97. The second-order valence-corrected chi connectivity index (χ2v) is 2.98. The van der Waals surface area contributed by atoms with Crippen molar-refractivity contribution < 1.29 is 14.3 Å². The van der Waals surface area contributed by atoms with Gasteiger partial charge >= 0.3 is 5.97 Å². The van der Waals surface area contributed by atoms with Crippen LogP contribution in [0.2, 0.25) is 0 Å². The zero-order valence-electron chi connectivity index (χ0n) is 8.84. The third kappa shape index (κ3) is 7.78. The zero-order valence-corrected chi connectivity index (χ0v) is 8.84. The van der Waals surface area contributed by atoms with Crippen LogP contribution >= 0.6 is 0 Å². The monoisotopic (exact) mass is 188 g/mol. The van der Waals surface area contributed by atoms with Gasteiger partial charge in [-0.15, -0.1) is 0 Å². The van der Waals surface area contributed by atoms with E-state index in [-0.39, 0.29) is 12.1 Å². The maximum absolute atomic E-state index is 10.7. The molecule has 0 N–H and O–H groups in total. The summed E-state index contributed by atoms with van der Waals surface area (Å²) in [7, 11) is 0. The van der Waals surface area contributed by atoms with Crippen LogP contribution < -0.4 is 0 Å². The van der Waals surface area contributed by atoms with E-state index >= 15 is 0 Å². The highest BCUT2D eigenvalue weighted by molar-refractivity contribution is 5.68. The Morgan fingerprint density at radius 3 is 2.62 bits per heavy atom. The van der Waals surface area contributed by atoms with Gasteiger partial charge < -0.3 is 9.47 Å². The van der Waals surface area contributed by atoms with Gasteiger partial charge in [-0.05, 0) is 26.7 Å². The number of carbonyl (C=O) groups is 1. The van der Waals surface area contributed by atoms with E-state index in [0.29, 0.717) is 13.0 Å². The smallest absolute Gasteiger partial charge is 0.305 e. The molecule has 0 saturated carbocycles. The molecule has 0 fully saturated rings. The van der Waals surface area contributed by atoms with Crippen molar-refractivity contribution in [3.63, 3.8) is 0 Å². The lowest BCUT2D eigenvalue weighted by Crippen LogP contribution is -2.10. The maximum Gasteiger partial charge on any atom is 0.305 e. The molecule has 0 heterocycles. The average Bonchev–Trinajstić information content (AvgIpc) is 2.12. The Morgan fingerprint density at radius 2 is 2.08 bits per heavy atom. The molecule has 1 atom stereocenters. The molecule has 1 unspecified atom stereocenters. The van der Waals surface area contributed by atoms with Crippen molar-refractivity contribution >= 4 is 5.97 Å². The number of esters is 1. The topological polar surface area (TPSA) is 35.5 Å². The van der Waals surface area contributed by atoms with Gasteiger partial charge in [0.2, 0.25) is 0 Å². The summed E-state index contributed by atoms with van der Waals surface area (Å²) in [6.07, 6.45) is 2.56. The third-order valence-corrected chi connectivity index (χ3v) is 1.76. The molecule has 0 aromatic rings. The molecule has 3 heteroatoms. The zero-order chi connectivity index (χ0) is 10.1. The number of hydrogen-bond acceptors (Lipinski definition) is 3.